The van der Waals surface area contributed by atoms with Crippen molar-refractivity contribution in [1.29, 1.82) is 5.26 Å². The maximum absolute atomic E-state index is 12.7. The van der Waals surface area contributed by atoms with Crippen LogP contribution in [-0.2, 0) is 16.4 Å². The van der Waals surface area contributed by atoms with E-state index in [0.29, 0.717) is 22.9 Å². The van der Waals surface area contributed by atoms with Crippen molar-refractivity contribution in [2.24, 2.45) is 0 Å². The quantitative estimate of drug-likeness (QED) is 0.486. The summed E-state index contributed by atoms with van der Waals surface area (Å²) in [6, 6.07) is 22.5. The summed E-state index contributed by atoms with van der Waals surface area (Å²) in [5, 5.41) is 10.0. The molecule has 4 nitrogen and oxygen atoms in total. The Balaban J connectivity index is 1.76. The van der Waals surface area contributed by atoms with Crippen LogP contribution in [0.1, 0.15) is 16.7 Å². The zero-order valence-corrected chi connectivity index (χ0v) is 17.2. The molecule has 0 radical (unpaired) electrons. The average molecular weight is 424 g/mol. The van der Waals surface area contributed by atoms with Crippen LogP contribution in [0.15, 0.2) is 82.6 Å². The third-order valence-corrected chi connectivity index (χ3v) is 6.12. The second kappa shape index (κ2) is 8.95. The molecule has 0 atom stereocenters. The highest BCUT2D eigenvalue weighted by Crippen LogP contribution is 2.23. The molecular weight excluding hydrogens is 406 g/mol. The molecule has 0 aliphatic carbocycles. The Morgan fingerprint density at radius 2 is 1.76 bits per heavy atom. The van der Waals surface area contributed by atoms with E-state index in [1.165, 1.54) is 18.2 Å². The average Bonchev–Trinajstić information content (AvgIpc) is 2.71. The first-order chi connectivity index (χ1) is 13.9. The lowest BCUT2D eigenvalue weighted by atomic mass is 10.2. The summed E-state index contributed by atoms with van der Waals surface area (Å²) >= 11 is 5.96. The third kappa shape index (κ3) is 5.26. The summed E-state index contributed by atoms with van der Waals surface area (Å²) < 4.78 is 31.1. The van der Waals surface area contributed by atoms with Gasteiger partial charge in [0.05, 0.1) is 4.90 Å². The van der Waals surface area contributed by atoms with E-state index in [0.717, 1.165) is 11.1 Å². The largest absolute Gasteiger partial charge is 0.489 e. The molecule has 0 spiro atoms. The Morgan fingerprint density at radius 1 is 1.07 bits per heavy atom. The summed E-state index contributed by atoms with van der Waals surface area (Å²) in [7, 11) is -3.87. The molecule has 0 aliphatic heterocycles. The molecule has 6 heteroatoms. The van der Waals surface area contributed by atoms with Gasteiger partial charge in [0.15, 0.2) is 0 Å². The predicted molar refractivity (Wildman–Crippen MR) is 114 cm³/mol. The van der Waals surface area contributed by atoms with Crippen LogP contribution in [0.25, 0.3) is 6.08 Å². The van der Waals surface area contributed by atoms with Crippen molar-refractivity contribution in [3.05, 3.63) is 99.4 Å². The number of hydrogen-bond donors (Lipinski definition) is 0. The molecule has 0 N–H and O–H groups in total. The van der Waals surface area contributed by atoms with Crippen LogP contribution in [0.3, 0.4) is 0 Å². The lowest BCUT2D eigenvalue weighted by Gasteiger charge is -2.07. The minimum absolute atomic E-state index is 0.0948. The molecule has 0 amide bonds. The number of rotatable bonds is 6. The van der Waals surface area contributed by atoms with E-state index in [1.54, 1.807) is 48.5 Å². The third-order valence-electron chi connectivity index (χ3n) is 4.20. The fraction of sp³-hybridized carbons (Fsp3) is 0.0870. The Labute approximate surface area is 175 Å². The summed E-state index contributed by atoms with van der Waals surface area (Å²) in [6.45, 7) is 2.23. The molecule has 0 saturated carbocycles. The maximum Gasteiger partial charge on any atom is 0.216 e. The van der Waals surface area contributed by atoms with Crippen molar-refractivity contribution in [2.75, 3.05) is 0 Å². The van der Waals surface area contributed by atoms with Crippen LogP contribution in [0.4, 0.5) is 0 Å². The summed E-state index contributed by atoms with van der Waals surface area (Å²) in [5.41, 5.74) is 2.48. The highest BCUT2D eigenvalue weighted by Gasteiger charge is 2.20. The van der Waals surface area contributed by atoms with Crippen molar-refractivity contribution in [3.8, 4) is 11.8 Å². The number of allylic oxidation sites excluding steroid dienone is 1. The zero-order chi connectivity index (χ0) is 20.9. The van der Waals surface area contributed by atoms with Crippen LogP contribution in [0, 0.1) is 18.3 Å². The lowest BCUT2D eigenvalue weighted by molar-refractivity contribution is 0.306. The minimum atomic E-state index is -3.87. The second-order valence-electron chi connectivity index (χ2n) is 6.42. The first-order valence-electron chi connectivity index (χ1n) is 8.79. The SMILES string of the molecule is Cc1ccc(S(=O)(=O)C(C#N)=Cc2ccc(OCc3cccc(Cl)c3)cc2)cc1. The standard InChI is InChI=1S/C23H18ClNO3S/c1-17-5-11-22(12-6-17)29(26,27)23(15-25)14-18-7-9-21(10-8-18)28-16-19-3-2-4-20(24)13-19/h2-14H,16H2,1H3. The summed E-state index contributed by atoms with van der Waals surface area (Å²) in [4.78, 5) is -0.216. The van der Waals surface area contributed by atoms with Crippen LogP contribution < -0.4 is 4.74 Å². The van der Waals surface area contributed by atoms with Crippen LogP contribution >= 0.6 is 11.6 Å². The van der Waals surface area contributed by atoms with Gasteiger partial charge in [-0.1, -0.05) is 53.6 Å². The zero-order valence-electron chi connectivity index (χ0n) is 15.7. The molecule has 146 valence electrons. The molecule has 0 unspecified atom stereocenters. The van der Waals surface area contributed by atoms with E-state index in [9.17, 15) is 13.7 Å². The van der Waals surface area contributed by atoms with Crippen molar-refractivity contribution >= 4 is 27.5 Å². The number of ether oxygens (including phenoxy) is 1. The maximum atomic E-state index is 12.7. The van der Waals surface area contributed by atoms with Crippen molar-refractivity contribution < 1.29 is 13.2 Å². The van der Waals surface area contributed by atoms with E-state index >= 15 is 0 Å². The van der Waals surface area contributed by atoms with Gasteiger partial charge in [0, 0.05) is 5.02 Å². The summed E-state index contributed by atoms with van der Waals surface area (Å²) in [6.07, 6.45) is 1.36. The van der Waals surface area contributed by atoms with Gasteiger partial charge >= 0.3 is 0 Å². The number of sulfone groups is 1. The monoisotopic (exact) mass is 423 g/mol. The van der Waals surface area contributed by atoms with Crippen molar-refractivity contribution in [3.63, 3.8) is 0 Å². The van der Waals surface area contributed by atoms with Crippen molar-refractivity contribution in [1.82, 2.24) is 0 Å². The fourth-order valence-corrected chi connectivity index (χ4v) is 3.99. The first kappa shape index (κ1) is 20.7. The fourth-order valence-electron chi connectivity index (χ4n) is 2.62. The number of nitriles is 1. The highest BCUT2D eigenvalue weighted by atomic mass is 35.5. The van der Waals surface area contributed by atoms with Gasteiger partial charge in [-0.15, -0.1) is 0 Å². The summed E-state index contributed by atoms with van der Waals surface area (Å²) in [5.74, 6) is 0.627. The molecule has 0 fully saturated rings. The molecule has 0 saturated heterocycles. The topological polar surface area (TPSA) is 67.2 Å². The van der Waals surface area contributed by atoms with Gasteiger partial charge < -0.3 is 4.74 Å². The molecule has 0 aromatic heterocycles. The number of hydrogen-bond acceptors (Lipinski definition) is 4. The number of aryl methyl sites for hydroxylation is 1. The van der Waals surface area contributed by atoms with Crippen LogP contribution in [-0.4, -0.2) is 8.42 Å². The Morgan fingerprint density at radius 3 is 2.38 bits per heavy atom. The smallest absolute Gasteiger partial charge is 0.216 e. The Kier molecular flexibility index (Phi) is 6.38. The van der Waals surface area contributed by atoms with Crippen LogP contribution in [0.5, 0.6) is 5.75 Å². The van der Waals surface area contributed by atoms with Gasteiger partial charge in [-0.2, -0.15) is 5.26 Å². The van der Waals surface area contributed by atoms with E-state index in [-0.39, 0.29) is 9.80 Å². The van der Waals surface area contributed by atoms with E-state index in [1.807, 2.05) is 25.1 Å². The molecule has 0 aliphatic rings. The molecule has 3 aromatic rings. The Bertz CT molecular complexity index is 1180. The van der Waals surface area contributed by atoms with E-state index in [2.05, 4.69) is 0 Å². The number of benzene rings is 3. The molecule has 29 heavy (non-hydrogen) atoms. The van der Waals surface area contributed by atoms with Gasteiger partial charge in [-0.3, -0.25) is 0 Å². The second-order valence-corrected chi connectivity index (χ2v) is 8.78. The normalized spacial score (nSPS) is 11.7. The number of nitrogens with zero attached hydrogens (tertiary/aromatic N) is 1. The van der Waals surface area contributed by atoms with Gasteiger partial charge in [0.2, 0.25) is 9.84 Å². The molecule has 3 rings (SSSR count). The first-order valence-corrected chi connectivity index (χ1v) is 10.7. The van der Waals surface area contributed by atoms with Gasteiger partial charge in [-0.25, -0.2) is 8.42 Å². The minimum Gasteiger partial charge on any atom is -0.489 e. The molecule has 3 aromatic carbocycles. The molecule has 0 bridgehead atoms. The van der Waals surface area contributed by atoms with E-state index < -0.39 is 9.84 Å². The molecular formula is C23H18ClNO3S. The van der Waals surface area contributed by atoms with Gasteiger partial charge in [-0.05, 0) is 60.5 Å². The lowest BCUT2D eigenvalue weighted by Crippen LogP contribution is -2.03. The van der Waals surface area contributed by atoms with Crippen LogP contribution in [0.2, 0.25) is 5.02 Å². The number of halogens is 1. The van der Waals surface area contributed by atoms with E-state index in [4.69, 9.17) is 16.3 Å². The Hall–Kier alpha value is -3.07. The van der Waals surface area contributed by atoms with Gasteiger partial charge in [0.25, 0.3) is 0 Å². The molecule has 0 heterocycles. The highest BCUT2D eigenvalue weighted by molar-refractivity contribution is 7.95. The predicted octanol–water partition coefficient (Wildman–Crippen LogP) is 5.57. The van der Waals surface area contributed by atoms with Gasteiger partial charge in [0.1, 0.15) is 23.3 Å². The van der Waals surface area contributed by atoms with Crippen molar-refractivity contribution in [2.45, 2.75) is 18.4 Å².